The molecule has 0 saturated heterocycles. The van der Waals surface area contributed by atoms with Gasteiger partial charge in [-0.3, -0.25) is 0 Å². The molecule has 2 rings (SSSR count). The van der Waals surface area contributed by atoms with Gasteiger partial charge in [0.25, 0.3) is 0 Å². The molecule has 0 aliphatic heterocycles. The number of nitrogens with two attached hydrogens (primary N) is 1. The minimum atomic E-state index is -0.960. The van der Waals surface area contributed by atoms with Gasteiger partial charge in [0, 0.05) is 17.0 Å². The molecule has 2 N–H and O–H groups in total. The summed E-state index contributed by atoms with van der Waals surface area (Å²) in [5, 5.41) is 0.652. The van der Waals surface area contributed by atoms with Gasteiger partial charge in [0.1, 0.15) is 6.17 Å². The van der Waals surface area contributed by atoms with Crippen LogP contribution in [0.25, 0.3) is 0 Å². The van der Waals surface area contributed by atoms with E-state index in [4.69, 9.17) is 17.3 Å². The molecule has 0 amide bonds. The van der Waals surface area contributed by atoms with Gasteiger partial charge >= 0.3 is 0 Å². The first-order chi connectivity index (χ1) is 7.20. The SMILES string of the molecule is NC1CCCC(c2ccccc2Cl)C1F. The monoisotopic (exact) mass is 227 g/mol. The highest BCUT2D eigenvalue weighted by atomic mass is 35.5. The highest BCUT2D eigenvalue weighted by Gasteiger charge is 2.32. The van der Waals surface area contributed by atoms with Gasteiger partial charge in [-0.05, 0) is 24.5 Å². The number of rotatable bonds is 1. The van der Waals surface area contributed by atoms with Gasteiger partial charge in [-0.1, -0.05) is 36.2 Å². The van der Waals surface area contributed by atoms with Crippen LogP contribution < -0.4 is 5.73 Å². The molecule has 0 bridgehead atoms. The highest BCUT2D eigenvalue weighted by molar-refractivity contribution is 6.31. The van der Waals surface area contributed by atoms with Crippen molar-refractivity contribution < 1.29 is 4.39 Å². The molecule has 0 radical (unpaired) electrons. The van der Waals surface area contributed by atoms with E-state index in [1.807, 2.05) is 24.3 Å². The molecule has 0 spiro atoms. The summed E-state index contributed by atoms with van der Waals surface area (Å²) >= 11 is 6.06. The molecule has 82 valence electrons. The minimum Gasteiger partial charge on any atom is -0.325 e. The fourth-order valence-electron chi connectivity index (χ4n) is 2.29. The van der Waals surface area contributed by atoms with E-state index in [0.29, 0.717) is 5.02 Å². The summed E-state index contributed by atoms with van der Waals surface area (Å²) in [4.78, 5) is 0. The van der Waals surface area contributed by atoms with Crippen LogP contribution in [-0.4, -0.2) is 12.2 Å². The highest BCUT2D eigenvalue weighted by Crippen LogP contribution is 2.37. The van der Waals surface area contributed by atoms with Gasteiger partial charge in [0.15, 0.2) is 0 Å². The Morgan fingerprint density at radius 1 is 1.27 bits per heavy atom. The van der Waals surface area contributed by atoms with Crippen LogP contribution in [0.3, 0.4) is 0 Å². The largest absolute Gasteiger partial charge is 0.325 e. The molecular weight excluding hydrogens is 213 g/mol. The van der Waals surface area contributed by atoms with E-state index in [9.17, 15) is 4.39 Å². The Morgan fingerprint density at radius 3 is 2.73 bits per heavy atom. The summed E-state index contributed by atoms with van der Waals surface area (Å²) in [5.74, 6) is -0.123. The molecular formula is C12H15ClFN. The second kappa shape index (κ2) is 4.50. The number of hydrogen-bond donors (Lipinski definition) is 1. The second-order valence-corrected chi connectivity index (χ2v) is 4.57. The maximum absolute atomic E-state index is 13.9. The van der Waals surface area contributed by atoms with E-state index in [0.717, 1.165) is 24.8 Å². The average Bonchev–Trinajstić information content (AvgIpc) is 2.23. The predicted molar refractivity (Wildman–Crippen MR) is 60.9 cm³/mol. The van der Waals surface area contributed by atoms with Crippen LogP contribution in [0, 0.1) is 0 Å². The molecule has 1 aliphatic rings. The summed E-state index contributed by atoms with van der Waals surface area (Å²) in [5.41, 5.74) is 6.64. The molecule has 0 aromatic heterocycles. The van der Waals surface area contributed by atoms with Crippen molar-refractivity contribution in [3.63, 3.8) is 0 Å². The molecule has 3 heteroatoms. The van der Waals surface area contributed by atoms with Crippen molar-refractivity contribution in [1.29, 1.82) is 0 Å². The summed E-state index contributed by atoms with van der Waals surface area (Å²) in [6.07, 6.45) is 1.65. The maximum atomic E-state index is 13.9. The third-order valence-corrected chi connectivity index (χ3v) is 3.49. The van der Waals surface area contributed by atoms with Gasteiger partial charge < -0.3 is 5.73 Å². The number of hydrogen-bond acceptors (Lipinski definition) is 1. The van der Waals surface area contributed by atoms with E-state index in [1.165, 1.54) is 0 Å². The zero-order valence-electron chi connectivity index (χ0n) is 8.50. The van der Waals surface area contributed by atoms with E-state index < -0.39 is 6.17 Å². The topological polar surface area (TPSA) is 26.0 Å². The van der Waals surface area contributed by atoms with Gasteiger partial charge in [-0.25, -0.2) is 4.39 Å². The molecule has 3 atom stereocenters. The Kier molecular flexibility index (Phi) is 3.27. The summed E-state index contributed by atoms with van der Waals surface area (Å²) < 4.78 is 13.9. The van der Waals surface area contributed by atoms with Crippen molar-refractivity contribution in [2.75, 3.05) is 0 Å². The zero-order valence-corrected chi connectivity index (χ0v) is 9.25. The van der Waals surface area contributed by atoms with Gasteiger partial charge in [0.05, 0.1) is 0 Å². The first-order valence-corrected chi connectivity index (χ1v) is 5.72. The van der Waals surface area contributed by atoms with Crippen LogP contribution in [-0.2, 0) is 0 Å². The van der Waals surface area contributed by atoms with Crippen molar-refractivity contribution in [3.05, 3.63) is 34.9 Å². The van der Waals surface area contributed by atoms with Crippen molar-refractivity contribution >= 4 is 11.6 Å². The molecule has 1 aromatic rings. The van der Waals surface area contributed by atoms with Gasteiger partial charge in [-0.15, -0.1) is 0 Å². The third kappa shape index (κ3) is 2.16. The summed E-state index contributed by atoms with van der Waals surface area (Å²) in [7, 11) is 0. The minimum absolute atomic E-state index is 0.123. The quantitative estimate of drug-likeness (QED) is 0.783. The smallest absolute Gasteiger partial charge is 0.122 e. The van der Waals surface area contributed by atoms with Crippen LogP contribution in [0.4, 0.5) is 4.39 Å². The van der Waals surface area contributed by atoms with Crippen molar-refractivity contribution in [2.24, 2.45) is 5.73 Å². The number of benzene rings is 1. The maximum Gasteiger partial charge on any atom is 0.122 e. The first kappa shape index (κ1) is 10.9. The van der Waals surface area contributed by atoms with Crippen molar-refractivity contribution in [3.8, 4) is 0 Å². The molecule has 15 heavy (non-hydrogen) atoms. The van der Waals surface area contributed by atoms with Crippen LogP contribution >= 0.6 is 11.6 Å². The lowest BCUT2D eigenvalue weighted by molar-refractivity contribution is 0.187. The Labute approximate surface area is 94.4 Å². The Balaban J connectivity index is 2.26. The molecule has 1 aromatic carbocycles. The predicted octanol–water partition coefficient (Wildman–Crippen LogP) is 3.27. The van der Waals surface area contributed by atoms with E-state index >= 15 is 0 Å². The molecule has 3 unspecified atom stereocenters. The molecule has 0 heterocycles. The Hall–Kier alpha value is -0.600. The van der Waals surface area contributed by atoms with Crippen molar-refractivity contribution in [2.45, 2.75) is 37.4 Å². The molecule has 1 aliphatic carbocycles. The van der Waals surface area contributed by atoms with Crippen LogP contribution in [0.2, 0.25) is 5.02 Å². The van der Waals surface area contributed by atoms with E-state index in [-0.39, 0.29) is 12.0 Å². The molecule has 1 fully saturated rings. The second-order valence-electron chi connectivity index (χ2n) is 4.17. The van der Waals surface area contributed by atoms with Crippen LogP contribution in [0.15, 0.2) is 24.3 Å². The van der Waals surface area contributed by atoms with Gasteiger partial charge in [-0.2, -0.15) is 0 Å². The Morgan fingerprint density at radius 2 is 2.00 bits per heavy atom. The standard InChI is InChI=1S/C12H15ClFN/c13-10-6-2-1-4-8(10)9-5-3-7-11(15)12(9)14/h1-2,4,6,9,11-12H,3,5,7,15H2. The normalized spacial score (nSPS) is 31.5. The first-order valence-electron chi connectivity index (χ1n) is 5.34. The lowest BCUT2D eigenvalue weighted by atomic mass is 9.80. The lowest BCUT2D eigenvalue weighted by Crippen LogP contribution is -2.39. The molecule has 1 nitrogen and oxygen atoms in total. The van der Waals surface area contributed by atoms with Crippen LogP contribution in [0.5, 0.6) is 0 Å². The Bertz CT molecular complexity index is 342. The molecule has 1 saturated carbocycles. The fourth-order valence-corrected chi connectivity index (χ4v) is 2.57. The summed E-state index contributed by atoms with van der Waals surface area (Å²) in [6.45, 7) is 0. The lowest BCUT2D eigenvalue weighted by Gasteiger charge is -2.31. The van der Waals surface area contributed by atoms with Crippen LogP contribution in [0.1, 0.15) is 30.7 Å². The third-order valence-electron chi connectivity index (χ3n) is 3.15. The van der Waals surface area contributed by atoms with E-state index in [2.05, 4.69) is 0 Å². The van der Waals surface area contributed by atoms with Crippen molar-refractivity contribution in [1.82, 2.24) is 0 Å². The van der Waals surface area contributed by atoms with E-state index in [1.54, 1.807) is 0 Å². The fraction of sp³-hybridized carbons (Fsp3) is 0.500. The zero-order chi connectivity index (χ0) is 10.8. The average molecular weight is 228 g/mol. The summed E-state index contributed by atoms with van der Waals surface area (Å²) in [6, 6.07) is 7.14. The number of alkyl halides is 1. The number of halogens is 2. The van der Waals surface area contributed by atoms with Gasteiger partial charge in [0.2, 0.25) is 0 Å².